The van der Waals surface area contributed by atoms with Gasteiger partial charge in [0.1, 0.15) is 6.04 Å². The van der Waals surface area contributed by atoms with Gasteiger partial charge in [-0.3, -0.25) is 4.79 Å². The molecule has 0 saturated carbocycles. The molecule has 0 aliphatic carbocycles. The number of carbonyl (C=O) groups is 2. The minimum Gasteiger partial charge on any atom is -0.453 e. The molecule has 242 valence electrons. The molecule has 0 spiro atoms. The number of benzene rings is 4. The number of aliphatic hydroxyl groups excluding tert-OH is 1. The summed E-state index contributed by atoms with van der Waals surface area (Å²) in [5, 5.41) is 13.2. The molecule has 0 fully saturated rings. The van der Waals surface area contributed by atoms with Crippen molar-refractivity contribution in [3.8, 4) is 0 Å². The second kappa shape index (κ2) is 15.7. The van der Waals surface area contributed by atoms with Crippen LogP contribution < -0.4 is 11.1 Å². The zero-order valence-corrected chi connectivity index (χ0v) is 27.1. The number of amides is 1. The number of sulfonamides is 1. The Morgan fingerprint density at radius 1 is 0.848 bits per heavy atom. The van der Waals surface area contributed by atoms with Gasteiger partial charge in [-0.25, -0.2) is 13.2 Å². The normalized spacial score (nSPS) is 13.0. The van der Waals surface area contributed by atoms with Crippen LogP contribution in [-0.4, -0.2) is 61.5 Å². The summed E-state index contributed by atoms with van der Waals surface area (Å²) in [7, 11) is -2.70. The van der Waals surface area contributed by atoms with Crippen molar-refractivity contribution < 1.29 is 27.9 Å². The van der Waals surface area contributed by atoms with Crippen LogP contribution in [0.15, 0.2) is 114 Å². The van der Waals surface area contributed by atoms with Gasteiger partial charge in [0.2, 0.25) is 10.0 Å². The Bertz CT molecular complexity index is 1660. The molecule has 4 aromatic rings. The summed E-state index contributed by atoms with van der Waals surface area (Å²) in [6.07, 6.45) is -0.503. The zero-order valence-electron chi connectivity index (χ0n) is 26.2. The average Bonchev–Trinajstić information content (AvgIpc) is 3.05. The Balaban J connectivity index is 1.62. The Morgan fingerprint density at radius 2 is 1.41 bits per heavy atom. The van der Waals surface area contributed by atoms with Gasteiger partial charge >= 0.3 is 6.09 Å². The number of hydrogen-bond donors (Lipinski definition) is 3. The number of alkyl carbamates (subject to hydrolysis) is 1. The summed E-state index contributed by atoms with van der Waals surface area (Å²) in [5.41, 5.74) is 9.38. The summed E-state index contributed by atoms with van der Waals surface area (Å²) in [5.74, 6) is -0.706. The van der Waals surface area contributed by atoms with Gasteiger partial charge in [-0.15, -0.1) is 0 Å². The number of aliphatic hydroxyl groups is 1. The second-order valence-corrected chi connectivity index (χ2v) is 13.3. The van der Waals surface area contributed by atoms with Crippen LogP contribution in [0, 0.1) is 0 Å². The molecule has 1 amide bonds. The van der Waals surface area contributed by atoms with Crippen LogP contribution in [0.4, 0.5) is 10.5 Å². The molecule has 4 aromatic carbocycles. The van der Waals surface area contributed by atoms with E-state index in [2.05, 4.69) is 5.32 Å². The molecule has 9 nitrogen and oxygen atoms in total. The lowest BCUT2D eigenvalue weighted by Crippen LogP contribution is -2.47. The van der Waals surface area contributed by atoms with Crippen molar-refractivity contribution in [1.82, 2.24) is 9.62 Å². The highest BCUT2D eigenvalue weighted by Gasteiger charge is 2.35. The summed E-state index contributed by atoms with van der Waals surface area (Å²) in [4.78, 5) is 26.6. The predicted molar refractivity (Wildman–Crippen MR) is 179 cm³/mol. The van der Waals surface area contributed by atoms with Crippen molar-refractivity contribution >= 4 is 27.6 Å². The molecule has 0 unspecified atom stereocenters. The van der Waals surface area contributed by atoms with E-state index in [1.54, 1.807) is 19.9 Å². The summed E-state index contributed by atoms with van der Waals surface area (Å²) in [6, 6.07) is 30.2. The highest BCUT2D eigenvalue weighted by Crippen LogP contribution is 2.30. The molecule has 0 aliphatic rings. The third-order valence-corrected chi connectivity index (χ3v) is 9.98. The maximum atomic E-state index is 14.0. The van der Waals surface area contributed by atoms with Crippen LogP contribution in [0.5, 0.6) is 0 Å². The van der Waals surface area contributed by atoms with Crippen molar-refractivity contribution in [2.75, 3.05) is 19.5 Å². The van der Waals surface area contributed by atoms with E-state index >= 15 is 0 Å². The molecular formula is C36H41N3O6S. The van der Waals surface area contributed by atoms with E-state index in [1.165, 1.54) is 35.7 Å². The van der Waals surface area contributed by atoms with E-state index in [4.69, 9.17) is 10.5 Å². The minimum atomic E-state index is -3.95. The maximum Gasteiger partial charge on any atom is 0.407 e. The van der Waals surface area contributed by atoms with Crippen LogP contribution in [0.2, 0.25) is 0 Å². The monoisotopic (exact) mass is 643 g/mol. The number of ether oxygens (including phenoxy) is 1. The smallest absolute Gasteiger partial charge is 0.407 e. The molecule has 0 radical (unpaired) electrons. The van der Waals surface area contributed by atoms with E-state index < -0.39 is 46.8 Å². The second-order valence-electron chi connectivity index (χ2n) is 11.4. The lowest BCUT2D eigenvalue weighted by atomic mass is 9.82. The van der Waals surface area contributed by atoms with Gasteiger partial charge in [0.05, 0.1) is 24.7 Å². The molecule has 0 bridgehead atoms. The van der Waals surface area contributed by atoms with Gasteiger partial charge in [-0.1, -0.05) is 84.9 Å². The van der Waals surface area contributed by atoms with Crippen LogP contribution in [0.25, 0.3) is 0 Å². The molecule has 0 aliphatic heterocycles. The largest absolute Gasteiger partial charge is 0.453 e. The highest BCUT2D eigenvalue weighted by molar-refractivity contribution is 7.89. The Morgan fingerprint density at radius 3 is 1.93 bits per heavy atom. The van der Waals surface area contributed by atoms with Crippen molar-refractivity contribution in [3.63, 3.8) is 0 Å². The average molecular weight is 644 g/mol. The molecule has 0 saturated heterocycles. The number of nitrogens with zero attached hydrogens (tertiary/aromatic N) is 1. The van der Waals surface area contributed by atoms with Gasteiger partial charge in [-0.05, 0) is 66.8 Å². The summed E-state index contributed by atoms with van der Waals surface area (Å²) >= 11 is 0. The lowest BCUT2D eigenvalue weighted by molar-refractivity contribution is -0.120. The van der Waals surface area contributed by atoms with Gasteiger partial charge in [0.15, 0.2) is 5.78 Å². The lowest BCUT2D eigenvalue weighted by Gasteiger charge is -2.33. The molecular weight excluding hydrogens is 602 g/mol. The molecule has 2 atom stereocenters. The van der Waals surface area contributed by atoms with Crippen molar-refractivity contribution in [1.29, 1.82) is 0 Å². The molecule has 0 heterocycles. The zero-order chi connectivity index (χ0) is 33.3. The van der Waals surface area contributed by atoms with Crippen molar-refractivity contribution in [2.24, 2.45) is 0 Å². The van der Waals surface area contributed by atoms with Gasteiger partial charge < -0.3 is 20.9 Å². The first-order valence-corrected chi connectivity index (χ1v) is 16.5. The number of anilines is 1. The number of hydrogen-bond acceptors (Lipinski definition) is 7. The van der Waals surface area contributed by atoms with Crippen LogP contribution in [0.3, 0.4) is 0 Å². The quantitative estimate of drug-likeness (QED) is 0.166. The van der Waals surface area contributed by atoms with Crippen molar-refractivity contribution in [2.45, 2.75) is 55.6 Å². The first kappa shape index (κ1) is 34.4. The summed E-state index contributed by atoms with van der Waals surface area (Å²) < 4.78 is 33.5. The third kappa shape index (κ3) is 8.39. The highest BCUT2D eigenvalue weighted by atomic mass is 32.2. The summed E-state index contributed by atoms with van der Waals surface area (Å²) in [6.45, 7) is 3.12. The number of methoxy groups -OCH3 is 1. The van der Waals surface area contributed by atoms with E-state index in [9.17, 15) is 23.1 Å². The van der Waals surface area contributed by atoms with Gasteiger partial charge in [0, 0.05) is 24.1 Å². The van der Waals surface area contributed by atoms with Crippen LogP contribution >= 0.6 is 0 Å². The molecule has 0 aromatic heterocycles. The fourth-order valence-corrected chi connectivity index (χ4v) is 7.59. The number of ketones is 1. The number of carbonyl (C=O) groups excluding carboxylic acids is 2. The number of nitrogens with two attached hydrogens (primary N) is 1. The first-order chi connectivity index (χ1) is 22.0. The van der Waals surface area contributed by atoms with Crippen LogP contribution in [0.1, 0.15) is 42.0 Å². The molecule has 4 N–H and O–H groups in total. The fraction of sp³-hybridized carbons (Fsp3) is 0.278. The van der Waals surface area contributed by atoms with Crippen LogP contribution in [-0.2, 0) is 32.4 Å². The topological polar surface area (TPSA) is 139 Å². The SMILES string of the molecule is COC(=O)N[C@H](C(=O)Cc1cccc(C[C@@H](CO)N(C(C)C)S(=O)(=O)c2ccc(N)cc2)c1)C(c1ccccc1)c1ccccc1. The van der Waals surface area contributed by atoms with E-state index in [1.807, 2.05) is 78.9 Å². The number of nitrogens with one attached hydrogen (secondary N) is 1. The fourth-order valence-electron chi connectivity index (χ4n) is 5.78. The number of nitrogen functional groups attached to an aromatic ring is 1. The van der Waals surface area contributed by atoms with Gasteiger partial charge in [-0.2, -0.15) is 4.31 Å². The minimum absolute atomic E-state index is 0.0000899. The first-order valence-electron chi connectivity index (χ1n) is 15.1. The Hall–Kier alpha value is -4.51. The maximum absolute atomic E-state index is 14.0. The van der Waals surface area contributed by atoms with E-state index in [0.29, 0.717) is 11.3 Å². The molecule has 10 heteroatoms. The Labute approximate surface area is 271 Å². The standard InChI is InChI=1S/C36H41N3O6S/c1-25(2)39(46(43,44)32-19-17-30(37)18-20-32)31(24-40)22-26-11-10-12-27(21-26)23-33(41)35(38-36(42)45-3)34(28-13-6-4-7-14-28)29-15-8-5-9-16-29/h4-21,25,31,34-35,40H,22-24,37H2,1-3H3,(H,38,42)/t31-,35+/m0/s1. The van der Waals surface area contributed by atoms with E-state index in [-0.39, 0.29) is 23.5 Å². The van der Waals surface area contributed by atoms with E-state index in [0.717, 1.165) is 16.7 Å². The molecule has 4 rings (SSSR count). The third-order valence-electron chi connectivity index (χ3n) is 7.83. The Kier molecular flexibility index (Phi) is 11.7. The number of Topliss-reactive ketones (excluding diaryl/α,β-unsaturated/α-hetero) is 1. The number of rotatable bonds is 14. The molecule has 46 heavy (non-hydrogen) atoms. The van der Waals surface area contributed by atoms with Gasteiger partial charge in [0.25, 0.3) is 0 Å². The van der Waals surface area contributed by atoms with Crippen molar-refractivity contribution in [3.05, 3.63) is 131 Å². The predicted octanol–water partition coefficient (Wildman–Crippen LogP) is 4.94.